The van der Waals surface area contributed by atoms with Crippen molar-refractivity contribution < 1.29 is 37.1 Å². The Morgan fingerprint density at radius 3 is 2.61 bits per heavy atom. The molecule has 2 heterocycles. The maximum Gasteiger partial charge on any atom is 0.411 e. The maximum atomic E-state index is 14.9. The number of rotatable bonds is 4. The quantitative estimate of drug-likeness (QED) is 0.619. The molecule has 1 saturated carbocycles. The highest BCUT2D eigenvalue weighted by molar-refractivity contribution is 6.04. The Morgan fingerprint density at radius 1 is 1.13 bits per heavy atom. The molecule has 9 nitrogen and oxygen atoms in total. The van der Waals surface area contributed by atoms with Crippen molar-refractivity contribution in [2.75, 3.05) is 20.1 Å². The molecular formula is C26H27F3N4O5. The van der Waals surface area contributed by atoms with Gasteiger partial charge in [-0.1, -0.05) is 6.07 Å². The predicted octanol–water partition coefficient (Wildman–Crippen LogP) is 3.24. The molecule has 3 fully saturated rings. The van der Waals surface area contributed by atoms with Gasteiger partial charge in [0.1, 0.15) is 12.2 Å². The first-order chi connectivity index (χ1) is 18.0. The lowest BCUT2D eigenvalue weighted by molar-refractivity contribution is -0.134. The highest BCUT2D eigenvalue weighted by Crippen LogP contribution is 2.49. The van der Waals surface area contributed by atoms with Crippen LogP contribution in [-0.4, -0.2) is 65.4 Å². The number of nitrogens with one attached hydrogen (secondary N) is 2. The number of halogens is 3. The molecule has 38 heavy (non-hydrogen) atoms. The molecule has 2 aliphatic heterocycles. The third-order valence-corrected chi connectivity index (χ3v) is 7.89. The van der Waals surface area contributed by atoms with Gasteiger partial charge in [-0.2, -0.15) is 0 Å². The molecule has 1 spiro atoms. The zero-order valence-electron chi connectivity index (χ0n) is 20.9. The van der Waals surface area contributed by atoms with E-state index in [4.69, 9.17) is 4.74 Å². The second-order valence-corrected chi connectivity index (χ2v) is 10.1. The number of hydrogen-bond acceptors (Lipinski definition) is 5. The summed E-state index contributed by atoms with van der Waals surface area (Å²) < 4.78 is 47.8. The third kappa shape index (κ3) is 4.21. The number of urea groups is 1. The SMILES string of the molecule is CNC(=O)NC1=C(F)C=C2C(CC[C@]23CN(CC(=O)N2[C@@H](C)CC[C@H]2c2ccc(F)c(F)c2)C(=O)O3)C1=O. The van der Waals surface area contributed by atoms with Gasteiger partial charge in [-0.15, -0.1) is 0 Å². The summed E-state index contributed by atoms with van der Waals surface area (Å²) in [5, 5.41) is 4.48. The van der Waals surface area contributed by atoms with Gasteiger partial charge in [0, 0.05) is 19.0 Å². The van der Waals surface area contributed by atoms with E-state index in [0.29, 0.717) is 24.0 Å². The maximum absolute atomic E-state index is 14.9. The van der Waals surface area contributed by atoms with Crippen molar-refractivity contribution in [3.63, 3.8) is 0 Å². The fourth-order valence-corrected chi connectivity index (χ4v) is 6.03. The first-order valence-electron chi connectivity index (χ1n) is 12.4. The largest absolute Gasteiger partial charge is 0.436 e. The summed E-state index contributed by atoms with van der Waals surface area (Å²) in [5.41, 5.74) is -0.934. The fraction of sp³-hybridized carbons (Fsp3) is 0.462. The summed E-state index contributed by atoms with van der Waals surface area (Å²) >= 11 is 0. The molecule has 2 aliphatic carbocycles. The second-order valence-electron chi connectivity index (χ2n) is 10.1. The lowest BCUT2D eigenvalue weighted by Gasteiger charge is -2.31. The van der Waals surface area contributed by atoms with Crippen molar-refractivity contribution in [1.82, 2.24) is 20.4 Å². The van der Waals surface area contributed by atoms with E-state index in [1.807, 2.05) is 6.92 Å². The van der Waals surface area contributed by atoms with Crippen LogP contribution in [0.2, 0.25) is 0 Å². The number of hydrogen-bond donors (Lipinski definition) is 2. The number of likely N-dealkylation sites (tertiary alicyclic amines) is 1. The van der Waals surface area contributed by atoms with E-state index in [1.54, 1.807) is 4.90 Å². The molecule has 1 unspecified atom stereocenters. The molecule has 0 radical (unpaired) electrons. The van der Waals surface area contributed by atoms with Crippen molar-refractivity contribution in [3.8, 4) is 0 Å². The number of carbonyl (C=O) groups is 4. The first-order valence-corrected chi connectivity index (χ1v) is 12.4. The lowest BCUT2D eigenvalue weighted by Crippen LogP contribution is -2.44. The third-order valence-electron chi connectivity index (χ3n) is 7.89. The van der Waals surface area contributed by atoms with Gasteiger partial charge in [-0.05, 0) is 62.0 Å². The van der Waals surface area contributed by atoms with Crippen LogP contribution >= 0.6 is 0 Å². The zero-order chi connectivity index (χ0) is 27.4. The molecule has 1 aromatic carbocycles. The summed E-state index contributed by atoms with van der Waals surface area (Å²) in [6.07, 6.45) is 2.11. The topological polar surface area (TPSA) is 108 Å². The summed E-state index contributed by atoms with van der Waals surface area (Å²) in [4.78, 5) is 53.6. The van der Waals surface area contributed by atoms with Crippen LogP contribution in [0, 0.1) is 17.6 Å². The van der Waals surface area contributed by atoms with Gasteiger partial charge >= 0.3 is 12.1 Å². The Hall–Kier alpha value is -3.83. The number of allylic oxidation sites excluding steroid dienone is 3. The Balaban J connectivity index is 1.34. The van der Waals surface area contributed by atoms with E-state index in [1.165, 1.54) is 18.0 Å². The Morgan fingerprint density at radius 2 is 1.89 bits per heavy atom. The monoisotopic (exact) mass is 532 g/mol. The molecule has 2 saturated heterocycles. The van der Waals surface area contributed by atoms with Crippen molar-refractivity contribution in [3.05, 3.63) is 58.6 Å². The number of amides is 4. The Labute approximate surface area is 216 Å². The van der Waals surface area contributed by atoms with Crippen molar-refractivity contribution in [1.29, 1.82) is 0 Å². The van der Waals surface area contributed by atoms with E-state index < -0.39 is 58.6 Å². The molecule has 1 aromatic rings. The van der Waals surface area contributed by atoms with Crippen molar-refractivity contribution >= 4 is 23.8 Å². The van der Waals surface area contributed by atoms with Crippen molar-refractivity contribution in [2.24, 2.45) is 5.92 Å². The molecule has 5 rings (SSSR count). The number of ether oxygens (including phenoxy) is 1. The number of ketones is 1. The minimum atomic E-state index is -1.26. The highest BCUT2D eigenvalue weighted by atomic mass is 19.2. The average molecular weight is 533 g/mol. The van der Waals surface area contributed by atoms with E-state index in [0.717, 1.165) is 18.2 Å². The number of fused-ring (bicyclic) bond motifs is 2. The predicted molar refractivity (Wildman–Crippen MR) is 127 cm³/mol. The second kappa shape index (κ2) is 9.48. The van der Waals surface area contributed by atoms with E-state index in [-0.39, 0.29) is 37.9 Å². The van der Waals surface area contributed by atoms with Gasteiger partial charge in [-0.3, -0.25) is 14.5 Å². The van der Waals surface area contributed by atoms with Gasteiger partial charge < -0.3 is 20.3 Å². The Kier molecular flexibility index (Phi) is 6.44. The summed E-state index contributed by atoms with van der Waals surface area (Å²) in [6, 6.07) is 2.16. The van der Waals surface area contributed by atoms with Crippen molar-refractivity contribution in [2.45, 2.75) is 50.3 Å². The van der Waals surface area contributed by atoms with Gasteiger partial charge in [-0.25, -0.2) is 22.8 Å². The normalized spacial score (nSPS) is 28.6. The molecule has 4 aliphatic rings. The molecule has 0 bridgehead atoms. The summed E-state index contributed by atoms with van der Waals surface area (Å²) in [6.45, 7) is 1.48. The molecule has 0 aromatic heterocycles. The van der Waals surface area contributed by atoms with Gasteiger partial charge in [0.25, 0.3) is 0 Å². The first kappa shape index (κ1) is 25.8. The molecule has 12 heteroatoms. The molecular weight excluding hydrogens is 505 g/mol. The smallest absolute Gasteiger partial charge is 0.411 e. The van der Waals surface area contributed by atoms with E-state index in [9.17, 15) is 32.3 Å². The summed E-state index contributed by atoms with van der Waals surface area (Å²) in [7, 11) is 1.34. The zero-order valence-corrected chi connectivity index (χ0v) is 20.9. The Bertz CT molecular complexity index is 1300. The number of benzene rings is 1. The van der Waals surface area contributed by atoms with Crippen LogP contribution in [0.1, 0.15) is 44.2 Å². The van der Waals surface area contributed by atoms with Crippen LogP contribution in [0.5, 0.6) is 0 Å². The van der Waals surface area contributed by atoms with Gasteiger partial charge in [0.15, 0.2) is 28.8 Å². The number of nitrogens with zero attached hydrogens (tertiary/aromatic N) is 2. The molecule has 4 amide bonds. The van der Waals surface area contributed by atoms with E-state index in [2.05, 4.69) is 10.6 Å². The van der Waals surface area contributed by atoms with Gasteiger partial charge in [0.2, 0.25) is 5.91 Å². The lowest BCUT2D eigenvalue weighted by atomic mass is 9.85. The number of carbonyl (C=O) groups excluding carboxylic acids is 4. The minimum Gasteiger partial charge on any atom is -0.436 e. The van der Waals surface area contributed by atoms with Crippen LogP contribution in [0.4, 0.5) is 22.8 Å². The van der Waals surface area contributed by atoms with Crippen LogP contribution in [0.25, 0.3) is 0 Å². The average Bonchev–Trinajstić information content (AvgIpc) is 3.53. The molecule has 2 N–H and O–H groups in total. The molecule has 202 valence electrons. The van der Waals surface area contributed by atoms with Crippen LogP contribution < -0.4 is 10.6 Å². The standard InChI is InChI=1S/C26H27F3N4O5/c1-13-3-6-20(14-4-5-17(27)18(28)9-14)33(13)21(34)11-32-12-26(38-25(32)37)8-7-15-16(26)10-19(29)22(23(15)35)31-24(36)30-2/h4-5,9-10,13,15,20H,3,6-8,11-12H2,1-2H3,(H2,30,31,36)/t13-,15?,20-,26-/m0/s1. The fourth-order valence-electron chi connectivity index (χ4n) is 6.03. The van der Waals surface area contributed by atoms with Crippen LogP contribution in [0.3, 0.4) is 0 Å². The minimum absolute atomic E-state index is 0.0449. The van der Waals surface area contributed by atoms with E-state index >= 15 is 0 Å². The number of Topliss-reactive ketones (excluding diaryl/α,β-unsaturated/α-hetero) is 1. The summed E-state index contributed by atoms with van der Waals surface area (Å²) in [5.74, 6) is -4.66. The van der Waals surface area contributed by atoms with Crippen LogP contribution in [-0.2, 0) is 14.3 Å². The highest BCUT2D eigenvalue weighted by Gasteiger charge is 2.57. The molecule has 4 atom stereocenters. The van der Waals surface area contributed by atoms with Crippen LogP contribution in [0.15, 0.2) is 41.4 Å². The van der Waals surface area contributed by atoms with Gasteiger partial charge in [0.05, 0.1) is 12.6 Å².